The molecule has 0 radical (unpaired) electrons. The van der Waals surface area contributed by atoms with Crippen molar-refractivity contribution in [2.24, 2.45) is 0 Å². The lowest BCUT2D eigenvalue weighted by molar-refractivity contribution is 0.0696. The first-order valence-corrected chi connectivity index (χ1v) is 5.02. The fourth-order valence-corrected chi connectivity index (χ4v) is 1.37. The Kier molecular flexibility index (Phi) is 3.23. The highest BCUT2D eigenvalue weighted by Gasteiger charge is 2.08. The van der Waals surface area contributed by atoms with Crippen LogP contribution in [-0.4, -0.2) is 11.1 Å². The molecule has 92 valence electrons. The van der Waals surface area contributed by atoms with Gasteiger partial charge in [0.05, 0.1) is 5.56 Å². The van der Waals surface area contributed by atoms with Crippen LogP contribution in [0.3, 0.4) is 0 Å². The zero-order chi connectivity index (χ0) is 13.1. The van der Waals surface area contributed by atoms with Gasteiger partial charge in [-0.1, -0.05) is 6.07 Å². The van der Waals surface area contributed by atoms with E-state index in [2.05, 4.69) is 0 Å². The summed E-state index contributed by atoms with van der Waals surface area (Å²) in [6, 6.07) is 8.31. The minimum atomic E-state index is -1.12. The van der Waals surface area contributed by atoms with Gasteiger partial charge < -0.3 is 9.84 Å². The van der Waals surface area contributed by atoms with E-state index in [1.165, 1.54) is 24.3 Å². The maximum atomic E-state index is 13.3. The van der Waals surface area contributed by atoms with Gasteiger partial charge >= 0.3 is 5.97 Å². The van der Waals surface area contributed by atoms with E-state index in [4.69, 9.17) is 9.84 Å². The van der Waals surface area contributed by atoms with E-state index in [9.17, 15) is 13.6 Å². The lowest BCUT2D eigenvalue weighted by Gasteiger charge is -2.07. The third-order valence-electron chi connectivity index (χ3n) is 2.20. The van der Waals surface area contributed by atoms with E-state index in [0.29, 0.717) is 0 Å². The zero-order valence-electron chi connectivity index (χ0n) is 9.06. The molecule has 0 heterocycles. The highest BCUT2D eigenvalue weighted by molar-refractivity contribution is 5.88. The molecule has 0 atom stereocenters. The van der Waals surface area contributed by atoms with Crippen molar-refractivity contribution in [3.63, 3.8) is 0 Å². The number of hydrogen-bond acceptors (Lipinski definition) is 2. The smallest absolute Gasteiger partial charge is 0.335 e. The van der Waals surface area contributed by atoms with Crippen LogP contribution in [0.1, 0.15) is 10.4 Å². The molecule has 0 amide bonds. The second kappa shape index (κ2) is 4.83. The molecule has 18 heavy (non-hydrogen) atoms. The van der Waals surface area contributed by atoms with Crippen LogP contribution in [0.5, 0.6) is 11.5 Å². The third kappa shape index (κ3) is 2.63. The normalized spacial score (nSPS) is 10.1. The molecule has 0 spiro atoms. The average molecular weight is 250 g/mol. The molecule has 2 aromatic carbocycles. The molecule has 0 unspecified atom stereocenters. The topological polar surface area (TPSA) is 46.5 Å². The van der Waals surface area contributed by atoms with Crippen LogP contribution in [0, 0.1) is 11.6 Å². The van der Waals surface area contributed by atoms with Crippen molar-refractivity contribution in [3.8, 4) is 11.5 Å². The van der Waals surface area contributed by atoms with Gasteiger partial charge in [-0.15, -0.1) is 0 Å². The van der Waals surface area contributed by atoms with Crippen LogP contribution in [0.15, 0.2) is 42.5 Å². The number of halogens is 2. The molecule has 2 aromatic rings. The fourth-order valence-electron chi connectivity index (χ4n) is 1.37. The Hall–Kier alpha value is -2.43. The number of carbonyl (C=O) groups is 1. The van der Waals surface area contributed by atoms with Crippen LogP contribution < -0.4 is 4.74 Å². The number of benzene rings is 2. The van der Waals surface area contributed by atoms with Gasteiger partial charge in [0.2, 0.25) is 0 Å². The molecular formula is C13H8F2O3. The lowest BCUT2D eigenvalue weighted by Crippen LogP contribution is -1.96. The average Bonchev–Trinajstić information content (AvgIpc) is 2.34. The van der Waals surface area contributed by atoms with Crippen molar-refractivity contribution in [3.05, 3.63) is 59.7 Å². The Morgan fingerprint density at radius 1 is 1.11 bits per heavy atom. The summed E-state index contributed by atoms with van der Waals surface area (Å²) >= 11 is 0. The molecule has 0 fully saturated rings. The van der Waals surface area contributed by atoms with Crippen LogP contribution in [0.25, 0.3) is 0 Å². The maximum Gasteiger partial charge on any atom is 0.335 e. The van der Waals surface area contributed by atoms with Crippen molar-refractivity contribution >= 4 is 5.97 Å². The van der Waals surface area contributed by atoms with E-state index in [1.54, 1.807) is 0 Å². The number of carboxylic acids is 1. The van der Waals surface area contributed by atoms with Crippen LogP contribution in [-0.2, 0) is 0 Å². The Bertz CT molecular complexity index is 597. The predicted molar refractivity (Wildman–Crippen MR) is 59.8 cm³/mol. The second-order valence-electron chi connectivity index (χ2n) is 3.51. The summed E-state index contributed by atoms with van der Waals surface area (Å²) in [6.07, 6.45) is 0. The number of hydrogen-bond donors (Lipinski definition) is 1. The molecule has 0 aliphatic heterocycles. The Morgan fingerprint density at radius 2 is 1.89 bits per heavy atom. The van der Waals surface area contributed by atoms with Crippen LogP contribution in [0.2, 0.25) is 0 Å². The van der Waals surface area contributed by atoms with Crippen molar-refractivity contribution < 1.29 is 23.4 Å². The molecular weight excluding hydrogens is 242 g/mol. The Balaban J connectivity index is 2.31. The highest BCUT2D eigenvalue weighted by atomic mass is 19.1. The molecule has 0 aliphatic carbocycles. The van der Waals surface area contributed by atoms with E-state index in [0.717, 1.165) is 18.2 Å². The molecule has 5 heteroatoms. The summed E-state index contributed by atoms with van der Waals surface area (Å²) in [5.41, 5.74) is 0.00399. The summed E-state index contributed by atoms with van der Waals surface area (Å²) in [5.74, 6) is -2.66. The molecule has 0 saturated carbocycles. The summed E-state index contributed by atoms with van der Waals surface area (Å²) in [6.45, 7) is 0. The van der Waals surface area contributed by atoms with Gasteiger partial charge in [-0.25, -0.2) is 13.6 Å². The van der Waals surface area contributed by atoms with E-state index >= 15 is 0 Å². The summed E-state index contributed by atoms with van der Waals surface area (Å²) in [7, 11) is 0. The summed E-state index contributed by atoms with van der Waals surface area (Å²) in [4.78, 5) is 10.7. The lowest BCUT2D eigenvalue weighted by atomic mass is 10.2. The van der Waals surface area contributed by atoms with Gasteiger partial charge in [0, 0.05) is 6.07 Å². The first-order chi connectivity index (χ1) is 8.56. The number of ether oxygens (including phenoxy) is 1. The molecule has 0 aliphatic rings. The zero-order valence-corrected chi connectivity index (χ0v) is 9.06. The summed E-state index contributed by atoms with van der Waals surface area (Å²) in [5, 5.41) is 8.78. The standard InChI is InChI=1S/C13H8F2O3/c14-9-4-5-11(15)12(7-9)18-10-3-1-2-8(6-10)13(16)17/h1-7H,(H,16,17). The second-order valence-corrected chi connectivity index (χ2v) is 3.51. The van der Waals surface area contributed by atoms with Gasteiger partial charge in [-0.3, -0.25) is 0 Å². The molecule has 3 nitrogen and oxygen atoms in total. The first-order valence-electron chi connectivity index (χ1n) is 5.02. The SMILES string of the molecule is O=C(O)c1cccc(Oc2cc(F)ccc2F)c1. The molecule has 0 saturated heterocycles. The van der Waals surface area contributed by atoms with Crippen LogP contribution >= 0.6 is 0 Å². The minimum absolute atomic E-state index is 0.00399. The van der Waals surface area contributed by atoms with Gasteiger partial charge in [0.25, 0.3) is 0 Å². The largest absolute Gasteiger partial charge is 0.478 e. The molecule has 0 aromatic heterocycles. The first kappa shape index (κ1) is 12.0. The molecule has 1 N–H and O–H groups in total. The Labute approximate surface area is 101 Å². The van der Waals surface area contributed by atoms with Crippen molar-refractivity contribution in [1.82, 2.24) is 0 Å². The molecule has 2 rings (SSSR count). The van der Waals surface area contributed by atoms with Gasteiger partial charge in [0.15, 0.2) is 11.6 Å². The third-order valence-corrected chi connectivity index (χ3v) is 2.20. The number of carboxylic acid groups (broad SMARTS) is 1. The fraction of sp³-hybridized carbons (Fsp3) is 0. The van der Waals surface area contributed by atoms with E-state index < -0.39 is 17.6 Å². The monoisotopic (exact) mass is 250 g/mol. The number of rotatable bonds is 3. The highest BCUT2D eigenvalue weighted by Crippen LogP contribution is 2.25. The number of aromatic carboxylic acids is 1. The van der Waals surface area contributed by atoms with Gasteiger partial charge in [-0.05, 0) is 30.3 Å². The maximum absolute atomic E-state index is 13.3. The predicted octanol–water partition coefficient (Wildman–Crippen LogP) is 3.46. The van der Waals surface area contributed by atoms with Gasteiger partial charge in [-0.2, -0.15) is 0 Å². The quantitative estimate of drug-likeness (QED) is 0.907. The minimum Gasteiger partial charge on any atom is -0.478 e. The van der Waals surface area contributed by atoms with E-state index in [1.807, 2.05) is 0 Å². The van der Waals surface area contributed by atoms with Gasteiger partial charge in [0.1, 0.15) is 11.6 Å². The van der Waals surface area contributed by atoms with Crippen molar-refractivity contribution in [2.75, 3.05) is 0 Å². The Morgan fingerprint density at radius 3 is 2.61 bits per heavy atom. The van der Waals surface area contributed by atoms with Crippen LogP contribution in [0.4, 0.5) is 8.78 Å². The van der Waals surface area contributed by atoms with E-state index in [-0.39, 0.29) is 17.1 Å². The summed E-state index contributed by atoms with van der Waals surface area (Å²) < 4.78 is 31.3. The van der Waals surface area contributed by atoms with Crippen molar-refractivity contribution in [2.45, 2.75) is 0 Å². The van der Waals surface area contributed by atoms with Crippen molar-refractivity contribution in [1.29, 1.82) is 0 Å². The molecule has 0 bridgehead atoms.